The number of hydrogen-bond acceptors (Lipinski definition) is 3. The van der Waals surface area contributed by atoms with E-state index in [1.807, 2.05) is 12.1 Å². The molecule has 0 radical (unpaired) electrons. The number of benzene rings is 1. The van der Waals surface area contributed by atoms with Crippen molar-refractivity contribution in [1.82, 2.24) is 0 Å². The SMILES string of the molecule is CCCCCCCCCCCCCCCCCCOS(=O)(=O)c1ccc(CCBr)cc1. The van der Waals surface area contributed by atoms with Gasteiger partial charge in [-0.1, -0.05) is 131 Å². The number of halogens is 1. The molecule has 0 unspecified atom stereocenters. The van der Waals surface area contributed by atoms with Crippen LogP contribution < -0.4 is 0 Å². The summed E-state index contributed by atoms with van der Waals surface area (Å²) >= 11 is 3.39. The minimum absolute atomic E-state index is 0.252. The van der Waals surface area contributed by atoms with Crippen LogP contribution in [0.1, 0.15) is 115 Å². The Hall–Kier alpha value is -0.390. The molecule has 1 aromatic carbocycles. The fourth-order valence-electron chi connectivity index (χ4n) is 3.82. The van der Waals surface area contributed by atoms with Crippen molar-refractivity contribution in [3.8, 4) is 0 Å². The van der Waals surface area contributed by atoms with Gasteiger partial charge in [-0.25, -0.2) is 0 Å². The first-order valence-corrected chi connectivity index (χ1v) is 15.2. The van der Waals surface area contributed by atoms with E-state index in [-0.39, 0.29) is 11.5 Å². The summed E-state index contributed by atoms with van der Waals surface area (Å²) in [6, 6.07) is 6.99. The second-order valence-electron chi connectivity index (χ2n) is 8.66. The first-order chi connectivity index (χ1) is 15.1. The summed E-state index contributed by atoms with van der Waals surface area (Å²) in [5, 5.41) is 0.870. The number of alkyl halides is 1. The summed E-state index contributed by atoms with van der Waals surface area (Å²) in [6.45, 7) is 2.55. The molecule has 0 N–H and O–H groups in total. The number of unbranched alkanes of at least 4 members (excludes halogenated alkanes) is 15. The lowest BCUT2D eigenvalue weighted by Crippen LogP contribution is -2.07. The van der Waals surface area contributed by atoms with Gasteiger partial charge in [0.25, 0.3) is 10.1 Å². The van der Waals surface area contributed by atoms with Crippen LogP contribution in [0.3, 0.4) is 0 Å². The average Bonchev–Trinajstić information content (AvgIpc) is 2.76. The Kier molecular flexibility index (Phi) is 17.7. The van der Waals surface area contributed by atoms with Crippen molar-refractivity contribution in [3.63, 3.8) is 0 Å². The molecule has 0 spiro atoms. The van der Waals surface area contributed by atoms with Crippen molar-refractivity contribution in [3.05, 3.63) is 29.8 Å². The topological polar surface area (TPSA) is 43.4 Å². The van der Waals surface area contributed by atoms with Gasteiger partial charge in [-0.2, -0.15) is 8.42 Å². The number of hydrogen-bond donors (Lipinski definition) is 0. The summed E-state index contributed by atoms with van der Waals surface area (Å²) in [5.74, 6) is 0. The highest BCUT2D eigenvalue weighted by Gasteiger charge is 2.14. The monoisotopic (exact) mass is 516 g/mol. The molecule has 0 aromatic heterocycles. The molecule has 0 aliphatic carbocycles. The summed E-state index contributed by atoms with van der Waals surface area (Å²) < 4.78 is 29.7. The molecule has 0 heterocycles. The first kappa shape index (κ1) is 28.6. The molecule has 0 saturated carbocycles. The van der Waals surface area contributed by atoms with Gasteiger partial charge in [0, 0.05) is 5.33 Å². The Labute approximate surface area is 201 Å². The van der Waals surface area contributed by atoms with Crippen LogP contribution in [-0.4, -0.2) is 20.4 Å². The minimum Gasteiger partial charge on any atom is -0.266 e. The van der Waals surface area contributed by atoms with E-state index in [0.29, 0.717) is 0 Å². The highest BCUT2D eigenvalue weighted by Crippen LogP contribution is 2.16. The van der Waals surface area contributed by atoms with Crippen molar-refractivity contribution in [2.75, 3.05) is 11.9 Å². The molecule has 3 nitrogen and oxygen atoms in total. The molecular formula is C26H45BrO3S. The molecule has 0 aliphatic heterocycles. The molecule has 0 fully saturated rings. The van der Waals surface area contributed by atoms with Gasteiger partial charge >= 0.3 is 0 Å². The quantitative estimate of drug-likeness (QED) is 0.0932. The Morgan fingerprint density at radius 1 is 0.677 bits per heavy atom. The van der Waals surface area contributed by atoms with E-state index in [4.69, 9.17) is 4.18 Å². The van der Waals surface area contributed by atoms with Crippen molar-refractivity contribution in [1.29, 1.82) is 0 Å². The van der Waals surface area contributed by atoms with Crippen LogP contribution in [0.4, 0.5) is 0 Å². The molecule has 0 bridgehead atoms. The summed E-state index contributed by atoms with van der Waals surface area (Å²) in [5.41, 5.74) is 1.12. The zero-order valence-electron chi connectivity index (χ0n) is 19.8. The molecule has 31 heavy (non-hydrogen) atoms. The Balaban J connectivity index is 1.92. The van der Waals surface area contributed by atoms with Gasteiger partial charge in [0.1, 0.15) is 0 Å². The fraction of sp³-hybridized carbons (Fsp3) is 0.769. The predicted octanol–water partition coefficient (Wildman–Crippen LogP) is 8.59. The third-order valence-electron chi connectivity index (χ3n) is 5.83. The predicted molar refractivity (Wildman–Crippen MR) is 137 cm³/mol. The maximum absolute atomic E-state index is 12.2. The molecule has 0 amide bonds. The molecule has 1 rings (SSSR count). The number of aryl methyl sites for hydroxylation is 1. The van der Waals surface area contributed by atoms with Gasteiger partial charge in [-0.15, -0.1) is 0 Å². The van der Waals surface area contributed by atoms with Gasteiger partial charge in [0.2, 0.25) is 0 Å². The average molecular weight is 518 g/mol. The highest BCUT2D eigenvalue weighted by molar-refractivity contribution is 9.09. The molecular weight excluding hydrogens is 472 g/mol. The van der Waals surface area contributed by atoms with Crippen LogP contribution in [0.5, 0.6) is 0 Å². The van der Waals surface area contributed by atoms with E-state index in [9.17, 15) is 8.42 Å². The second-order valence-corrected chi connectivity index (χ2v) is 11.1. The fourth-order valence-corrected chi connectivity index (χ4v) is 5.22. The third kappa shape index (κ3) is 15.1. The van der Waals surface area contributed by atoms with Crippen LogP contribution >= 0.6 is 15.9 Å². The zero-order valence-corrected chi connectivity index (χ0v) is 22.2. The van der Waals surface area contributed by atoms with Crippen LogP contribution in [0.25, 0.3) is 0 Å². The van der Waals surface area contributed by atoms with Gasteiger partial charge in [0.15, 0.2) is 0 Å². The molecule has 0 aliphatic rings. The van der Waals surface area contributed by atoms with Gasteiger partial charge < -0.3 is 0 Å². The largest absolute Gasteiger partial charge is 0.296 e. The van der Waals surface area contributed by atoms with Crippen LogP contribution in [0, 0.1) is 0 Å². The van der Waals surface area contributed by atoms with Gasteiger partial charge in [-0.3, -0.25) is 4.18 Å². The van der Waals surface area contributed by atoms with Gasteiger partial charge in [0.05, 0.1) is 11.5 Å². The van der Waals surface area contributed by atoms with Crippen molar-refractivity contribution >= 4 is 26.0 Å². The first-order valence-electron chi connectivity index (χ1n) is 12.6. The normalized spacial score (nSPS) is 11.8. The maximum atomic E-state index is 12.2. The van der Waals surface area contributed by atoms with E-state index in [0.717, 1.165) is 30.2 Å². The van der Waals surface area contributed by atoms with Crippen LogP contribution in [-0.2, 0) is 20.7 Å². The highest BCUT2D eigenvalue weighted by atomic mass is 79.9. The molecule has 0 atom stereocenters. The smallest absolute Gasteiger partial charge is 0.266 e. The third-order valence-corrected chi connectivity index (χ3v) is 7.55. The van der Waals surface area contributed by atoms with E-state index in [2.05, 4.69) is 22.9 Å². The van der Waals surface area contributed by atoms with Crippen LogP contribution in [0.15, 0.2) is 29.2 Å². The minimum atomic E-state index is -3.62. The summed E-state index contributed by atoms with van der Waals surface area (Å²) in [4.78, 5) is 0.252. The molecule has 180 valence electrons. The maximum Gasteiger partial charge on any atom is 0.296 e. The Bertz CT molecular complexity index is 629. The lowest BCUT2D eigenvalue weighted by atomic mass is 10.0. The van der Waals surface area contributed by atoms with E-state index >= 15 is 0 Å². The van der Waals surface area contributed by atoms with Crippen molar-refractivity contribution in [2.24, 2.45) is 0 Å². The molecule has 1 aromatic rings. The molecule has 0 saturated heterocycles. The van der Waals surface area contributed by atoms with Gasteiger partial charge in [-0.05, 0) is 30.5 Å². The van der Waals surface area contributed by atoms with Crippen LogP contribution in [0.2, 0.25) is 0 Å². The lowest BCUT2D eigenvalue weighted by molar-refractivity contribution is 0.306. The van der Waals surface area contributed by atoms with E-state index < -0.39 is 10.1 Å². The standard InChI is InChI=1S/C26H45BrO3S/c1-2-3-4-5-6-7-8-9-10-11-12-13-14-15-16-17-24-30-31(28,29)26-20-18-25(19-21-26)22-23-27/h18-21H,2-17,22-24H2,1H3. The summed E-state index contributed by atoms with van der Waals surface area (Å²) in [7, 11) is -3.62. The zero-order chi connectivity index (χ0) is 22.6. The Morgan fingerprint density at radius 2 is 1.10 bits per heavy atom. The molecule has 5 heteroatoms. The summed E-state index contributed by atoms with van der Waals surface area (Å²) in [6.07, 6.45) is 21.8. The lowest BCUT2D eigenvalue weighted by Gasteiger charge is -2.07. The van der Waals surface area contributed by atoms with Crippen molar-refractivity contribution in [2.45, 2.75) is 121 Å². The number of rotatable bonds is 21. The van der Waals surface area contributed by atoms with Crippen molar-refractivity contribution < 1.29 is 12.6 Å². The van der Waals surface area contributed by atoms with E-state index in [1.54, 1.807) is 12.1 Å². The van der Waals surface area contributed by atoms with E-state index in [1.165, 1.54) is 89.9 Å². The second kappa shape index (κ2) is 19.1. The Morgan fingerprint density at radius 3 is 1.52 bits per heavy atom.